The molecule has 0 bridgehead atoms. The topological polar surface area (TPSA) is 88.6 Å². The molecule has 146 valence electrons. The Bertz CT molecular complexity index is 1010. The second kappa shape index (κ2) is 8.06. The largest absolute Gasteiger partial charge is 0.294 e. The van der Waals surface area contributed by atoms with Crippen molar-refractivity contribution < 1.29 is 22.8 Å². The van der Waals surface area contributed by atoms with Crippen LogP contribution in [0.2, 0.25) is 0 Å². The van der Waals surface area contributed by atoms with Crippen LogP contribution < -0.4 is 0 Å². The summed E-state index contributed by atoms with van der Waals surface area (Å²) in [7, 11) is -3.19. The first kappa shape index (κ1) is 19.9. The van der Waals surface area contributed by atoms with Crippen LogP contribution in [0.25, 0.3) is 0 Å². The van der Waals surface area contributed by atoms with Crippen LogP contribution in [0.3, 0.4) is 0 Å². The number of carbonyl (C=O) groups excluding carboxylic acids is 3. The van der Waals surface area contributed by atoms with Crippen LogP contribution in [-0.2, 0) is 14.6 Å². The summed E-state index contributed by atoms with van der Waals surface area (Å²) in [5.74, 6) is -1.96. The average molecular weight is 399 g/mol. The first-order valence-corrected chi connectivity index (χ1v) is 11.0. The number of ketones is 1. The number of imide groups is 1. The van der Waals surface area contributed by atoms with E-state index >= 15 is 0 Å². The van der Waals surface area contributed by atoms with Crippen LogP contribution in [0, 0.1) is 0 Å². The number of amides is 2. The fraction of sp³-hybridized carbons (Fsp3) is 0.286. The van der Waals surface area contributed by atoms with Gasteiger partial charge in [-0.25, -0.2) is 8.42 Å². The third-order valence-corrected chi connectivity index (χ3v) is 5.79. The van der Waals surface area contributed by atoms with E-state index in [1.807, 2.05) is 0 Å². The van der Waals surface area contributed by atoms with Gasteiger partial charge >= 0.3 is 0 Å². The zero-order valence-corrected chi connectivity index (χ0v) is 16.3. The van der Waals surface area contributed by atoms with E-state index in [0.717, 1.165) is 11.2 Å². The van der Waals surface area contributed by atoms with Crippen LogP contribution in [0.15, 0.2) is 54.6 Å². The maximum Gasteiger partial charge on any atom is 0.260 e. The second-order valence-corrected chi connectivity index (χ2v) is 9.17. The van der Waals surface area contributed by atoms with Crippen LogP contribution in [-0.4, -0.2) is 49.5 Å². The number of hydrogen-bond donors (Lipinski definition) is 0. The highest BCUT2D eigenvalue weighted by Gasteiger charge is 2.39. The molecule has 1 heterocycles. The number of sulfone groups is 1. The minimum Gasteiger partial charge on any atom is -0.294 e. The molecule has 0 fully saturated rings. The van der Waals surface area contributed by atoms with Crippen molar-refractivity contribution in [2.24, 2.45) is 0 Å². The first-order valence-electron chi connectivity index (χ1n) is 8.98. The maximum atomic E-state index is 13.0. The Morgan fingerprint density at radius 2 is 1.64 bits per heavy atom. The Hall–Kier alpha value is -2.80. The minimum absolute atomic E-state index is 0.00903. The van der Waals surface area contributed by atoms with Crippen molar-refractivity contribution in [1.82, 2.24) is 4.90 Å². The van der Waals surface area contributed by atoms with Crippen LogP contribution in [0.4, 0.5) is 0 Å². The molecule has 3 rings (SSSR count). The van der Waals surface area contributed by atoms with Gasteiger partial charge in [-0.15, -0.1) is 0 Å². The number of hydrogen-bond acceptors (Lipinski definition) is 5. The lowest BCUT2D eigenvalue weighted by Crippen LogP contribution is -2.46. The highest BCUT2D eigenvalue weighted by atomic mass is 32.2. The Kier molecular flexibility index (Phi) is 5.74. The predicted molar refractivity (Wildman–Crippen MR) is 105 cm³/mol. The molecule has 1 aliphatic heterocycles. The molecule has 0 radical (unpaired) electrons. The van der Waals surface area contributed by atoms with E-state index in [-0.39, 0.29) is 30.9 Å². The third-order valence-electron chi connectivity index (χ3n) is 4.76. The molecule has 28 heavy (non-hydrogen) atoms. The third kappa shape index (κ3) is 4.36. The molecule has 7 heteroatoms. The van der Waals surface area contributed by atoms with Gasteiger partial charge in [0, 0.05) is 30.3 Å². The maximum absolute atomic E-state index is 13.0. The van der Waals surface area contributed by atoms with Gasteiger partial charge in [-0.3, -0.25) is 19.3 Å². The summed E-state index contributed by atoms with van der Waals surface area (Å²) in [5.41, 5.74) is 1.43. The molecule has 2 amide bonds. The van der Waals surface area contributed by atoms with E-state index in [0.29, 0.717) is 16.7 Å². The average Bonchev–Trinajstić information content (AvgIpc) is 2.67. The molecule has 1 atom stereocenters. The van der Waals surface area contributed by atoms with Crippen molar-refractivity contribution in [2.75, 3.05) is 18.6 Å². The van der Waals surface area contributed by atoms with Crippen LogP contribution >= 0.6 is 0 Å². The molecule has 6 nitrogen and oxygen atoms in total. The molecular weight excluding hydrogens is 378 g/mol. The molecule has 1 aliphatic rings. The minimum atomic E-state index is -3.19. The lowest BCUT2D eigenvalue weighted by Gasteiger charge is -2.32. The van der Waals surface area contributed by atoms with Gasteiger partial charge in [0.15, 0.2) is 5.78 Å². The van der Waals surface area contributed by atoms with E-state index in [1.54, 1.807) is 54.6 Å². The van der Waals surface area contributed by atoms with Crippen molar-refractivity contribution in [2.45, 2.75) is 18.8 Å². The summed E-state index contributed by atoms with van der Waals surface area (Å²) < 4.78 is 22.7. The Morgan fingerprint density at radius 3 is 2.32 bits per heavy atom. The zero-order valence-electron chi connectivity index (χ0n) is 15.5. The van der Waals surface area contributed by atoms with Crippen molar-refractivity contribution >= 4 is 27.4 Å². The van der Waals surface area contributed by atoms with Gasteiger partial charge in [-0.2, -0.15) is 0 Å². The fourth-order valence-electron chi connectivity index (χ4n) is 3.38. The van der Waals surface area contributed by atoms with Gasteiger partial charge in [0.05, 0.1) is 11.7 Å². The molecule has 2 aromatic rings. The number of carbonyl (C=O) groups is 3. The molecule has 0 spiro atoms. The molecule has 0 saturated carbocycles. The van der Waals surface area contributed by atoms with Crippen molar-refractivity contribution in [3.05, 3.63) is 71.3 Å². The second-order valence-electron chi connectivity index (χ2n) is 6.91. The molecule has 0 saturated heterocycles. The Morgan fingerprint density at radius 1 is 1.00 bits per heavy atom. The molecule has 2 aromatic carbocycles. The number of nitrogens with zero attached hydrogens (tertiary/aromatic N) is 1. The first-order chi connectivity index (χ1) is 13.3. The smallest absolute Gasteiger partial charge is 0.260 e. The van der Waals surface area contributed by atoms with Gasteiger partial charge in [0.1, 0.15) is 9.84 Å². The Labute approximate surface area is 164 Å². The van der Waals surface area contributed by atoms with Gasteiger partial charge in [-0.1, -0.05) is 48.5 Å². The number of Topliss-reactive ketones (excluding diaryl/α,β-unsaturated/α-hetero) is 1. The van der Waals surface area contributed by atoms with E-state index in [9.17, 15) is 22.8 Å². The summed E-state index contributed by atoms with van der Waals surface area (Å²) in [4.78, 5) is 39.5. The molecule has 0 aliphatic carbocycles. The van der Waals surface area contributed by atoms with Gasteiger partial charge in [0.2, 0.25) is 5.91 Å². The molecule has 0 N–H and O–H groups in total. The lowest BCUT2D eigenvalue weighted by molar-refractivity contribution is -0.130. The van der Waals surface area contributed by atoms with Gasteiger partial charge < -0.3 is 0 Å². The summed E-state index contributed by atoms with van der Waals surface area (Å²) >= 11 is 0. The molecule has 0 aromatic heterocycles. The van der Waals surface area contributed by atoms with Gasteiger partial charge in [0.25, 0.3) is 5.91 Å². The highest BCUT2D eigenvalue weighted by Crippen LogP contribution is 2.33. The van der Waals surface area contributed by atoms with Crippen LogP contribution in [0.1, 0.15) is 45.0 Å². The standard InChI is InChI=1S/C21H21NO5S/c1-28(26,27)13-7-12-22-20(24)17-11-6-5-10-16(17)18(21(22)25)14-19(23)15-8-3-2-4-9-15/h2-6,8-11,18H,7,12-14H2,1H3. The predicted octanol–water partition coefficient (Wildman–Crippen LogP) is 2.46. The summed E-state index contributed by atoms with van der Waals surface area (Å²) in [6.07, 6.45) is 1.23. The summed E-state index contributed by atoms with van der Waals surface area (Å²) in [6.45, 7) is 0.00903. The van der Waals surface area contributed by atoms with E-state index in [4.69, 9.17) is 0 Å². The quantitative estimate of drug-likeness (QED) is 0.527. The van der Waals surface area contributed by atoms with Crippen molar-refractivity contribution in [1.29, 1.82) is 0 Å². The fourth-order valence-corrected chi connectivity index (χ4v) is 4.04. The SMILES string of the molecule is CS(=O)(=O)CCCN1C(=O)c2ccccc2C(CC(=O)c2ccccc2)C1=O. The summed E-state index contributed by atoms with van der Waals surface area (Å²) in [6, 6.07) is 15.5. The normalized spacial score (nSPS) is 16.8. The van der Waals surface area contributed by atoms with E-state index in [1.165, 1.54) is 0 Å². The monoisotopic (exact) mass is 399 g/mol. The van der Waals surface area contributed by atoms with Crippen LogP contribution in [0.5, 0.6) is 0 Å². The highest BCUT2D eigenvalue weighted by molar-refractivity contribution is 7.90. The molecular formula is C21H21NO5S. The number of fused-ring (bicyclic) bond motifs is 1. The summed E-state index contributed by atoms with van der Waals surface area (Å²) in [5, 5.41) is 0. The Balaban J connectivity index is 1.87. The molecule has 1 unspecified atom stereocenters. The lowest BCUT2D eigenvalue weighted by atomic mass is 9.84. The zero-order chi connectivity index (χ0) is 20.3. The van der Waals surface area contributed by atoms with E-state index < -0.39 is 27.6 Å². The number of rotatable bonds is 7. The van der Waals surface area contributed by atoms with Gasteiger partial charge in [-0.05, 0) is 18.1 Å². The van der Waals surface area contributed by atoms with E-state index in [2.05, 4.69) is 0 Å². The number of benzene rings is 2. The van der Waals surface area contributed by atoms with Crippen molar-refractivity contribution in [3.63, 3.8) is 0 Å². The van der Waals surface area contributed by atoms with Crippen molar-refractivity contribution in [3.8, 4) is 0 Å².